The summed E-state index contributed by atoms with van der Waals surface area (Å²) >= 11 is 0. The normalized spacial score (nSPS) is 11.3. The molecule has 0 amide bonds. The summed E-state index contributed by atoms with van der Waals surface area (Å²) < 4.78 is 11.2. The second-order valence-corrected chi connectivity index (χ2v) is 5.75. The van der Waals surface area contributed by atoms with E-state index >= 15 is 0 Å². The van der Waals surface area contributed by atoms with E-state index in [1.54, 1.807) is 12.1 Å². The van der Waals surface area contributed by atoms with E-state index in [9.17, 15) is 9.90 Å². The van der Waals surface area contributed by atoms with Crippen LogP contribution in [0.3, 0.4) is 0 Å². The van der Waals surface area contributed by atoms with E-state index in [0.717, 1.165) is 16.7 Å². The van der Waals surface area contributed by atoms with Crippen LogP contribution in [0.1, 0.15) is 36.1 Å². The zero-order valence-electron chi connectivity index (χ0n) is 15.1. The fourth-order valence-corrected chi connectivity index (χ4v) is 2.69. The van der Waals surface area contributed by atoms with Crippen LogP contribution >= 0.6 is 0 Å². The summed E-state index contributed by atoms with van der Waals surface area (Å²) in [7, 11) is 0. The summed E-state index contributed by atoms with van der Waals surface area (Å²) in [4.78, 5) is 11.8. The van der Waals surface area contributed by atoms with Gasteiger partial charge in [-0.15, -0.1) is 0 Å². The van der Waals surface area contributed by atoms with Gasteiger partial charge in [0.05, 0.1) is 18.8 Å². The third kappa shape index (κ3) is 4.63. The van der Waals surface area contributed by atoms with Crippen molar-refractivity contribution in [3.63, 3.8) is 0 Å². The molecule has 0 aliphatic carbocycles. The van der Waals surface area contributed by atoms with E-state index < -0.39 is 5.97 Å². The first-order valence-corrected chi connectivity index (χ1v) is 8.38. The Morgan fingerprint density at radius 2 is 1.68 bits per heavy atom. The van der Waals surface area contributed by atoms with Gasteiger partial charge in [-0.1, -0.05) is 29.8 Å². The minimum absolute atomic E-state index is 0.254. The summed E-state index contributed by atoms with van der Waals surface area (Å²) in [5.41, 5.74) is 3.76. The lowest BCUT2D eigenvalue weighted by Crippen LogP contribution is -2.02. The van der Waals surface area contributed by atoms with Crippen molar-refractivity contribution in [1.29, 1.82) is 0 Å². The lowest BCUT2D eigenvalue weighted by molar-refractivity contribution is -0.130. The molecule has 2 aromatic carbocycles. The number of hydrogen-bond donors (Lipinski definition) is 1. The van der Waals surface area contributed by atoms with E-state index in [-0.39, 0.29) is 5.57 Å². The van der Waals surface area contributed by atoms with Gasteiger partial charge in [0.15, 0.2) is 11.5 Å². The Morgan fingerprint density at radius 3 is 2.28 bits per heavy atom. The molecule has 1 N–H and O–H groups in total. The van der Waals surface area contributed by atoms with Crippen LogP contribution in [0.15, 0.2) is 36.4 Å². The molecule has 0 radical (unpaired) electrons. The van der Waals surface area contributed by atoms with E-state index in [2.05, 4.69) is 0 Å². The van der Waals surface area contributed by atoms with Gasteiger partial charge in [0.25, 0.3) is 0 Å². The van der Waals surface area contributed by atoms with E-state index in [1.807, 2.05) is 58.0 Å². The van der Waals surface area contributed by atoms with Crippen molar-refractivity contribution >= 4 is 17.6 Å². The maximum atomic E-state index is 11.8. The lowest BCUT2D eigenvalue weighted by Gasteiger charge is -2.12. The van der Waals surface area contributed by atoms with Crippen LogP contribution in [0, 0.1) is 13.8 Å². The highest BCUT2D eigenvalue weighted by molar-refractivity contribution is 6.21. The van der Waals surface area contributed by atoms with E-state index in [4.69, 9.17) is 9.47 Å². The Labute approximate surface area is 148 Å². The standard InChI is InChI=1S/C21H24O4/c1-5-24-19-10-8-16(13-20(19)25-6-2)12-18(21(22)23)17-9-7-14(3)11-15(17)4/h7-13H,5-6H2,1-4H3,(H,22,23)/b18-12-. The van der Waals surface area contributed by atoms with E-state index in [1.165, 1.54) is 0 Å². The van der Waals surface area contributed by atoms with Gasteiger partial charge in [-0.05, 0) is 62.6 Å². The van der Waals surface area contributed by atoms with Gasteiger partial charge in [-0.3, -0.25) is 0 Å². The average Bonchev–Trinajstić information content (AvgIpc) is 2.56. The molecular formula is C21H24O4. The van der Waals surface area contributed by atoms with Crippen molar-refractivity contribution in [2.75, 3.05) is 13.2 Å². The largest absolute Gasteiger partial charge is 0.490 e. The molecule has 0 aromatic heterocycles. The third-order valence-electron chi connectivity index (χ3n) is 3.78. The lowest BCUT2D eigenvalue weighted by atomic mass is 9.97. The van der Waals surface area contributed by atoms with Crippen LogP contribution < -0.4 is 9.47 Å². The molecule has 0 bridgehead atoms. The number of hydrogen-bond acceptors (Lipinski definition) is 3. The maximum Gasteiger partial charge on any atom is 0.336 e. The number of carbonyl (C=O) groups is 1. The topological polar surface area (TPSA) is 55.8 Å². The zero-order valence-corrected chi connectivity index (χ0v) is 15.1. The summed E-state index contributed by atoms with van der Waals surface area (Å²) in [5.74, 6) is 0.312. The fraction of sp³-hybridized carbons (Fsp3) is 0.286. The van der Waals surface area contributed by atoms with Crippen LogP contribution in [0.25, 0.3) is 11.6 Å². The van der Waals surface area contributed by atoms with Gasteiger partial charge >= 0.3 is 5.97 Å². The highest BCUT2D eigenvalue weighted by Crippen LogP contribution is 2.31. The Kier molecular flexibility index (Phi) is 6.23. The molecule has 0 heterocycles. The van der Waals surface area contributed by atoms with Crippen molar-refractivity contribution in [2.24, 2.45) is 0 Å². The predicted octanol–water partition coefficient (Wildman–Crippen LogP) is 4.73. The van der Waals surface area contributed by atoms with Crippen molar-refractivity contribution < 1.29 is 19.4 Å². The molecule has 25 heavy (non-hydrogen) atoms. The summed E-state index contributed by atoms with van der Waals surface area (Å²) in [5, 5.41) is 9.67. The number of aryl methyl sites for hydroxylation is 2. The Bertz CT molecular complexity index is 790. The monoisotopic (exact) mass is 340 g/mol. The molecule has 0 aliphatic rings. The molecule has 2 aromatic rings. The van der Waals surface area contributed by atoms with Gasteiger partial charge < -0.3 is 14.6 Å². The molecule has 0 fully saturated rings. The number of aliphatic carboxylic acids is 1. The molecule has 4 nitrogen and oxygen atoms in total. The Hall–Kier alpha value is -2.75. The smallest absolute Gasteiger partial charge is 0.336 e. The second-order valence-electron chi connectivity index (χ2n) is 5.75. The Balaban J connectivity index is 2.50. The predicted molar refractivity (Wildman–Crippen MR) is 100 cm³/mol. The SMILES string of the molecule is CCOc1ccc(/C=C(\C(=O)O)c2ccc(C)cc2C)cc1OCC. The fourth-order valence-electron chi connectivity index (χ4n) is 2.69. The van der Waals surface area contributed by atoms with Gasteiger partial charge in [0.1, 0.15) is 0 Å². The first-order chi connectivity index (χ1) is 12.0. The number of benzene rings is 2. The van der Waals surface area contributed by atoms with Crippen LogP contribution in [0.4, 0.5) is 0 Å². The van der Waals surface area contributed by atoms with Crippen molar-refractivity contribution in [3.8, 4) is 11.5 Å². The minimum atomic E-state index is -0.959. The zero-order chi connectivity index (χ0) is 18.4. The summed E-state index contributed by atoms with van der Waals surface area (Å²) in [6, 6.07) is 11.2. The van der Waals surface area contributed by atoms with Crippen LogP contribution in [0.5, 0.6) is 11.5 Å². The maximum absolute atomic E-state index is 11.8. The molecule has 0 unspecified atom stereocenters. The molecule has 4 heteroatoms. The van der Waals surface area contributed by atoms with Crippen LogP contribution in [0.2, 0.25) is 0 Å². The van der Waals surface area contributed by atoms with Gasteiger partial charge in [0.2, 0.25) is 0 Å². The van der Waals surface area contributed by atoms with Gasteiger partial charge in [-0.25, -0.2) is 4.79 Å². The number of carboxylic acids is 1. The average molecular weight is 340 g/mol. The molecule has 132 valence electrons. The number of carboxylic acid groups (broad SMARTS) is 1. The Morgan fingerprint density at radius 1 is 1.00 bits per heavy atom. The molecule has 0 spiro atoms. The minimum Gasteiger partial charge on any atom is -0.490 e. The van der Waals surface area contributed by atoms with Crippen LogP contribution in [-0.2, 0) is 4.79 Å². The second kappa shape index (κ2) is 8.38. The van der Waals surface area contributed by atoms with Gasteiger partial charge in [-0.2, -0.15) is 0 Å². The quantitative estimate of drug-likeness (QED) is 0.585. The number of ether oxygens (including phenoxy) is 2. The summed E-state index contributed by atoms with van der Waals surface area (Å²) in [6.45, 7) is 8.77. The van der Waals surface area contributed by atoms with Crippen molar-refractivity contribution in [1.82, 2.24) is 0 Å². The molecule has 2 rings (SSSR count). The van der Waals surface area contributed by atoms with Gasteiger partial charge in [0, 0.05) is 0 Å². The van der Waals surface area contributed by atoms with Crippen molar-refractivity contribution in [2.45, 2.75) is 27.7 Å². The first kappa shape index (κ1) is 18.6. The van der Waals surface area contributed by atoms with Crippen molar-refractivity contribution in [3.05, 3.63) is 58.7 Å². The molecule has 0 saturated carbocycles. The highest BCUT2D eigenvalue weighted by Gasteiger charge is 2.14. The molecular weight excluding hydrogens is 316 g/mol. The molecule has 0 aliphatic heterocycles. The van der Waals surface area contributed by atoms with E-state index in [0.29, 0.717) is 30.3 Å². The third-order valence-corrected chi connectivity index (χ3v) is 3.78. The number of rotatable bonds is 7. The molecule has 0 atom stereocenters. The molecule has 0 saturated heterocycles. The highest BCUT2D eigenvalue weighted by atomic mass is 16.5. The van der Waals surface area contributed by atoms with Crippen LogP contribution in [-0.4, -0.2) is 24.3 Å². The first-order valence-electron chi connectivity index (χ1n) is 8.38. The summed E-state index contributed by atoms with van der Waals surface area (Å²) in [6.07, 6.45) is 1.66.